The monoisotopic (exact) mass is 204 g/mol. The van der Waals surface area contributed by atoms with Gasteiger partial charge in [0.05, 0.1) is 0 Å². The van der Waals surface area contributed by atoms with Crippen LogP contribution in [-0.4, -0.2) is 0 Å². The first-order valence-corrected chi connectivity index (χ1v) is 5.82. The Morgan fingerprint density at radius 2 is 2.00 bits per heavy atom. The third-order valence-corrected chi connectivity index (χ3v) is 3.78. The van der Waals surface area contributed by atoms with Crippen LogP contribution in [0.3, 0.4) is 0 Å². The Hall–Kier alpha value is -1.82. The molecule has 0 heterocycles. The first-order valence-electron chi connectivity index (χ1n) is 5.82. The second kappa shape index (κ2) is 2.85. The van der Waals surface area contributed by atoms with Gasteiger partial charge in [-0.25, -0.2) is 0 Å². The van der Waals surface area contributed by atoms with E-state index >= 15 is 0 Å². The van der Waals surface area contributed by atoms with Crippen molar-refractivity contribution in [2.75, 3.05) is 0 Å². The quantitative estimate of drug-likeness (QED) is 0.603. The van der Waals surface area contributed by atoms with Crippen LogP contribution in [0.1, 0.15) is 22.6 Å². The zero-order chi connectivity index (χ0) is 10.5. The molecule has 3 aliphatic carbocycles. The maximum atomic E-state index is 2.37. The lowest BCUT2D eigenvalue weighted by Gasteiger charge is -2.32. The molecule has 1 unspecified atom stereocenters. The lowest BCUT2D eigenvalue weighted by atomic mass is 9.71. The van der Waals surface area contributed by atoms with Crippen molar-refractivity contribution in [2.45, 2.75) is 12.3 Å². The van der Waals surface area contributed by atoms with Gasteiger partial charge in [0.25, 0.3) is 0 Å². The average Bonchev–Trinajstić information content (AvgIpc) is 2.36. The third kappa shape index (κ3) is 0.943. The highest BCUT2D eigenvalue weighted by molar-refractivity contribution is 5.71. The predicted octanol–water partition coefficient (Wildman–Crippen LogP) is 3.78. The summed E-state index contributed by atoms with van der Waals surface area (Å²) in [6.45, 7) is 0. The molecule has 0 bridgehead atoms. The number of rotatable bonds is 0. The first kappa shape index (κ1) is 8.35. The summed E-state index contributed by atoms with van der Waals surface area (Å²) in [6, 6.07) is 6.67. The van der Waals surface area contributed by atoms with E-state index in [1.807, 2.05) is 0 Å². The smallest absolute Gasteiger partial charge is 0.0345 e. The molecule has 16 heavy (non-hydrogen) atoms. The largest absolute Gasteiger partial charge is 0.0759 e. The topological polar surface area (TPSA) is 0 Å². The summed E-state index contributed by atoms with van der Waals surface area (Å²) in [6.07, 6.45) is 14.6. The molecule has 0 saturated heterocycles. The van der Waals surface area contributed by atoms with E-state index in [-0.39, 0.29) is 0 Å². The molecule has 0 N–H and O–H groups in total. The van der Waals surface area contributed by atoms with Gasteiger partial charge in [0, 0.05) is 5.92 Å². The van der Waals surface area contributed by atoms with Crippen LogP contribution in [0.15, 0.2) is 59.7 Å². The number of hydrogen-bond donors (Lipinski definition) is 0. The summed E-state index contributed by atoms with van der Waals surface area (Å²) in [5.74, 6) is 0.509. The molecule has 0 aromatic heterocycles. The van der Waals surface area contributed by atoms with Crippen LogP contribution in [0.5, 0.6) is 0 Å². The average molecular weight is 204 g/mol. The summed E-state index contributed by atoms with van der Waals surface area (Å²) in [5, 5.41) is 0. The van der Waals surface area contributed by atoms with Gasteiger partial charge in [-0.05, 0) is 34.3 Å². The molecule has 0 amide bonds. The normalized spacial score (nSPS) is 23.6. The van der Waals surface area contributed by atoms with Gasteiger partial charge in [-0.15, -0.1) is 0 Å². The van der Waals surface area contributed by atoms with Crippen LogP contribution < -0.4 is 0 Å². The molecule has 0 heteroatoms. The molecule has 0 spiro atoms. The molecular formula is C16H12. The van der Waals surface area contributed by atoms with Gasteiger partial charge in [-0.1, -0.05) is 54.7 Å². The van der Waals surface area contributed by atoms with Crippen molar-refractivity contribution in [1.29, 1.82) is 0 Å². The highest BCUT2D eigenvalue weighted by atomic mass is 14.3. The van der Waals surface area contributed by atoms with Crippen LogP contribution >= 0.6 is 0 Å². The molecule has 1 atom stereocenters. The van der Waals surface area contributed by atoms with Crippen molar-refractivity contribution < 1.29 is 0 Å². The second-order valence-corrected chi connectivity index (χ2v) is 4.62. The molecule has 4 rings (SSSR count). The van der Waals surface area contributed by atoms with E-state index in [0.717, 1.165) is 6.42 Å². The van der Waals surface area contributed by atoms with Crippen molar-refractivity contribution >= 4 is 6.08 Å². The Bertz CT molecular complexity index is 594. The van der Waals surface area contributed by atoms with Gasteiger partial charge in [0.1, 0.15) is 0 Å². The van der Waals surface area contributed by atoms with E-state index in [2.05, 4.69) is 54.7 Å². The molecule has 0 radical (unpaired) electrons. The number of benzene rings is 1. The summed E-state index contributed by atoms with van der Waals surface area (Å²) >= 11 is 0. The Balaban J connectivity index is 2.09. The minimum atomic E-state index is 0.509. The molecular weight excluding hydrogens is 192 g/mol. The molecule has 3 aliphatic rings. The van der Waals surface area contributed by atoms with E-state index in [0.29, 0.717) is 5.92 Å². The Morgan fingerprint density at radius 1 is 1.00 bits per heavy atom. The van der Waals surface area contributed by atoms with Crippen molar-refractivity contribution in [3.8, 4) is 0 Å². The van der Waals surface area contributed by atoms with E-state index in [1.165, 1.54) is 27.8 Å². The number of hydrogen-bond acceptors (Lipinski definition) is 0. The third-order valence-electron chi connectivity index (χ3n) is 3.78. The minimum Gasteiger partial charge on any atom is -0.0759 e. The predicted molar refractivity (Wildman–Crippen MR) is 67.2 cm³/mol. The molecule has 0 nitrogen and oxygen atoms in total. The molecule has 0 fully saturated rings. The maximum Gasteiger partial charge on any atom is 0.0345 e. The summed E-state index contributed by atoms with van der Waals surface area (Å²) in [7, 11) is 0. The van der Waals surface area contributed by atoms with Gasteiger partial charge in [-0.3, -0.25) is 0 Å². The van der Waals surface area contributed by atoms with Gasteiger partial charge >= 0.3 is 0 Å². The first-order chi connectivity index (χ1) is 7.93. The Morgan fingerprint density at radius 3 is 3.00 bits per heavy atom. The van der Waals surface area contributed by atoms with Crippen LogP contribution in [-0.2, 0) is 6.42 Å². The zero-order valence-electron chi connectivity index (χ0n) is 8.98. The fourth-order valence-electron chi connectivity index (χ4n) is 3.05. The van der Waals surface area contributed by atoms with Crippen LogP contribution in [0.4, 0.5) is 0 Å². The molecule has 0 saturated carbocycles. The number of allylic oxidation sites excluding steroid dienone is 7. The SMILES string of the molecule is C1=CC2=CCc3cccc4c3C2C(=C1)C=C4. The molecule has 1 aromatic carbocycles. The van der Waals surface area contributed by atoms with E-state index < -0.39 is 0 Å². The van der Waals surface area contributed by atoms with Crippen LogP contribution in [0.2, 0.25) is 0 Å². The second-order valence-electron chi connectivity index (χ2n) is 4.62. The minimum absolute atomic E-state index is 0.509. The van der Waals surface area contributed by atoms with E-state index in [9.17, 15) is 0 Å². The van der Waals surface area contributed by atoms with Gasteiger partial charge in [0.15, 0.2) is 0 Å². The summed E-state index contributed by atoms with van der Waals surface area (Å²) in [5.41, 5.74) is 7.35. The maximum absolute atomic E-state index is 2.37. The highest BCUT2D eigenvalue weighted by Crippen LogP contribution is 2.45. The van der Waals surface area contributed by atoms with Crippen LogP contribution in [0.25, 0.3) is 6.08 Å². The van der Waals surface area contributed by atoms with Crippen molar-refractivity contribution in [1.82, 2.24) is 0 Å². The summed E-state index contributed by atoms with van der Waals surface area (Å²) in [4.78, 5) is 0. The zero-order valence-corrected chi connectivity index (χ0v) is 8.98. The molecule has 0 aliphatic heterocycles. The summed E-state index contributed by atoms with van der Waals surface area (Å²) < 4.78 is 0. The van der Waals surface area contributed by atoms with Crippen molar-refractivity contribution in [3.63, 3.8) is 0 Å². The van der Waals surface area contributed by atoms with Gasteiger partial charge in [-0.2, -0.15) is 0 Å². The van der Waals surface area contributed by atoms with Crippen LogP contribution in [0, 0.1) is 0 Å². The Labute approximate surface area is 95.3 Å². The lowest BCUT2D eigenvalue weighted by Crippen LogP contribution is -2.16. The van der Waals surface area contributed by atoms with Gasteiger partial charge < -0.3 is 0 Å². The van der Waals surface area contributed by atoms with Crippen molar-refractivity contribution in [2.24, 2.45) is 0 Å². The van der Waals surface area contributed by atoms with Gasteiger partial charge in [0.2, 0.25) is 0 Å². The Kier molecular flexibility index (Phi) is 1.49. The highest BCUT2D eigenvalue weighted by Gasteiger charge is 2.29. The lowest BCUT2D eigenvalue weighted by molar-refractivity contribution is 0.892. The standard InChI is InChI=1S/C16H12/c1-3-11-7-9-13-5-2-6-14-10-8-12(4-1)15(11)16(13)14/h1-9,15H,10H2. The molecule has 76 valence electrons. The molecule has 1 aromatic rings. The van der Waals surface area contributed by atoms with E-state index in [4.69, 9.17) is 0 Å². The van der Waals surface area contributed by atoms with E-state index in [1.54, 1.807) is 0 Å². The fraction of sp³-hybridized carbons (Fsp3) is 0.125. The fourth-order valence-corrected chi connectivity index (χ4v) is 3.05. The van der Waals surface area contributed by atoms with Crippen molar-refractivity contribution in [3.05, 3.63) is 76.4 Å².